The summed E-state index contributed by atoms with van der Waals surface area (Å²) < 4.78 is 41.8. The van der Waals surface area contributed by atoms with Gasteiger partial charge in [0.1, 0.15) is 11.1 Å². The largest absolute Gasteiger partial charge is 0.366 e. The molecule has 1 fully saturated rings. The van der Waals surface area contributed by atoms with Crippen molar-refractivity contribution in [2.45, 2.75) is 23.9 Å². The summed E-state index contributed by atoms with van der Waals surface area (Å²) in [7, 11) is -3.70. The maximum absolute atomic E-state index is 13.3. The molecular weight excluding hydrogens is 359 g/mol. The van der Waals surface area contributed by atoms with Gasteiger partial charge in [0.15, 0.2) is 5.65 Å². The highest BCUT2D eigenvalue weighted by atomic mass is 32.2. The Labute approximate surface area is 149 Å². The summed E-state index contributed by atoms with van der Waals surface area (Å²) in [6.07, 6.45) is 4.10. The van der Waals surface area contributed by atoms with Crippen LogP contribution in [0.2, 0.25) is 0 Å². The minimum atomic E-state index is -3.70. The van der Waals surface area contributed by atoms with Crippen molar-refractivity contribution in [2.24, 2.45) is 0 Å². The van der Waals surface area contributed by atoms with Crippen molar-refractivity contribution in [3.63, 3.8) is 0 Å². The first kappa shape index (κ1) is 16.9. The maximum Gasteiger partial charge on any atom is 0.244 e. The molecule has 0 bridgehead atoms. The van der Waals surface area contributed by atoms with E-state index in [1.807, 2.05) is 0 Å². The zero-order chi connectivity index (χ0) is 18.3. The molecule has 0 unspecified atom stereocenters. The van der Waals surface area contributed by atoms with Gasteiger partial charge >= 0.3 is 0 Å². The summed E-state index contributed by atoms with van der Waals surface area (Å²) in [5.41, 5.74) is 7.54. The number of rotatable bonds is 3. The second-order valence-corrected chi connectivity index (χ2v) is 8.12. The molecule has 10 heteroatoms. The second-order valence-electron chi connectivity index (χ2n) is 6.18. The molecule has 1 aliphatic rings. The van der Waals surface area contributed by atoms with Crippen molar-refractivity contribution in [1.82, 2.24) is 23.9 Å². The molecule has 0 atom stereocenters. The van der Waals surface area contributed by atoms with Crippen LogP contribution in [0.15, 0.2) is 41.7 Å². The van der Waals surface area contributed by atoms with Crippen LogP contribution in [0.5, 0.6) is 0 Å². The standard InChI is InChI=1S/C16H17FN6O2S/c17-13-3-5-22(6-4-13)26(24,25)14-7-12(8-19-9-14)11-1-2-15-20-16(18)21-23(15)10-11/h1-2,7-10,13H,3-6H2,(H2,18,21). The number of nitrogens with zero attached hydrogens (tertiary/aromatic N) is 5. The third-order valence-electron chi connectivity index (χ3n) is 4.42. The predicted octanol–water partition coefficient (Wildman–Crippen LogP) is 1.50. The number of nitrogens with two attached hydrogens (primary N) is 1. The fourth-order valence-corrected chi connectivity index (χ4v) is 4.46. The molecule has 0 aliphatic carbocycles. The highest BCUT2D eigenvalue weighted by Crippen LogP contribution is 2.26. The van der Waals surface area contributed by atoms with Crippen molar-refractivity contribution in [3.05, 3.63) is 36.8 Å². The van der Waals surface area contributed by atoms with Crippen molar-refractivity contribution in [2.75, 3.05) is 18.8 Å². The number of pyridine rings is 2. The van der Waals surface area contributed by atoms with E-state index in [1.54, 1.807) is 30.6 Å². The fraction of sp³-hybridized carbons (Fsp3) is 0.312. The first-order chi connectivity index (χ1) is 12.4. The predicted molar refractivity (Wildman–Crippen MR) is 93.5 cm³/mol. The van der Waals surface area contributed by atoms with Crippen LogP contribution < -0.4 is 5.73 Å². The van der Waals surface area contributed by atoms with E-state index in [4.69, 9.17) is 5.73 Å². The van der Waals surface area contributed by atoms with Crippen LogP contribution in [0.1, 0.15) is 12.8 Å². The Hall–Kier alpha value is -2.59. The van der Waals surface area contributed by atoms with Gasteiger partial charge in [-0.25, -0.2) is 17.3 Å². The quantitative estimate of drug-likeness (QED) is 0.742. The Morgan fingerprint density at radius 1 is 1.15 bits per heavy atom. The molecular formula is C16H17FN6O2S. The number of hydrogen-bond acceptors (Lipinski definition) is 6. The Morgan fingerprint density at radius 2 is 1.92 bits per heavy atom. The van der Waals surface area contributed by atoms with E-state index in [0.717, 1.165) is 5.56 Å². The van der Waals surface area contributed by atoms with E-state index >= 15 is 0 Å². The number of sulfonamides is 1. The van der Waals surface area contributed by atoms with E-state index in [0.29, 0.717) is 11.2 Å². The molecule has 0 aromatic carbocycles. The lowest BCUT2D eigenvalue weighted by molar-refractivity contribution is 0.210. The topological polar surface area (TPSA) is 106 Å². The highest BCUT2D eigenvalue weighted by Gasteiger charge is 2.29. The Morgan fingerprint density at radius 3 is 2.69 bits per heavy atom. The molecule has 0 amide bonds. The summed E-state index contributed by atoms with van der Waals surface area (Å²) in [5.74, 6) is 0.160. The molecule has 136 valence electrons. The third-order valence-corrected chi connectivity index (χ3v) is 6.28. The number of halogens is 1. The Kier molecular flexibility index (Phi) is 4.08. The number of hydrogen-bond donors (Lipinski definition) is 1. The highest BCUT2D eigenvalue weighted by molar-refractivity contribution is 7.89. The Balaban J connectivity index is 1.69. The number of aromatic nitrogens is 4. The lowest BCUT2D eigenvalue weighted by Crippen LogP contribution is -2.39. The van der Waals surface area contributed by atoms with Gasteiger partial charge in [0.05, 0.1) is 0 Å². The van der Waals surface area contributed by atoms with Crippen LogP contribution in [0.3, 0.4) is 0 Å². The molecule has 8 nitrogen and oxygen atoms in total. The smallest absolute Gasteiger partial charge is 0.244 e. The van der Waals surface area contributed by atoms with Crippen LogP contribution in [0, 0.1) is 0 Å². The summed E-state index contributed by atoms with van der Waals surface area (Å²) in [5, 5.41) is 4.05. The number of piperidine rings is 1. The lowest BCUT2D eigenvalue weighted by atomic mass is 10.1. The van der Waals surface area contributed by atoms with Gasteiger partial charge in [0, 0.05) is 42.8 Å². The summed E-state index contributed by atoms with van der Waals surface area (Å²) in [6.45, 7) is 0.357. The Bertz CT molecular complexity index is 1060. The first-order valence-electron chi connectivity index (χ1n) is 8.15. The zero-order valence-electron chi connectivity index (χ0n) is 13.8. The SMILES string of the molecule is Nc1nc2ccc(-c3cncc(S(=O)(=O)N4CCC(F)CC4)c3)cn2n1. The van der Waals surface area contributed by atoms with Gasteiger partial charge in [0.2, 0.25) is 16.0 Å². The van der Waals surface area contributed by atoms with Gasteiger partial charge < -0.3 is 5.73 Å². The maximum atomic E-state index is 13.3. The van der Waals surface area contributed by atoms with E-state index in [2.05, 4.69) is 15.1 Å². The van der Waals surface area contributed by atoms with Crippen molar-refractivity contribution in [3.8, 4) is 11.1 Å². The van der Waals surface area contributed by atoms with E-state index in [9.17, 15) is 12.8 Å². The van der Waals surface area contributed by atoms with Gasteiger partial charge in [-0.3, -0.25) is 4.98 Å². The molecule has 3 aromatic heterocycles. The van der Waals surface area contributed by atoms with Crippen molar-refractivity contribution in [1.29, 1.82) is 0 Å². The second kappa shape index (κ2) is 6.29. The summed E-state index contributed by atoms with van der Waals surface area (Å²) in [4.78, 5) is 8.21. The van der Waals surface area contributed by atoms with Crippen LogP contribution in [0.4, 0.5) is 10.3 Å². The van der Waals surface area contributed by atoms with E-state index < -0.39 is 16.2 Å². The van der Waals surface area contributed by atoms with Crippen molar-refractivity contribution >= 4 is 21.6 Å². The first-order valence-corrected chi connectivity index (χ1v) is 9.59. The molecule has 2 N–H and O–H groups in total. The van der Waals surface area contributed by atoms with Crippen LogP contribution in [-0.4, -0.2) is 51.6 Å². The fourth-order valence-electron chi connectivity index (χ4n) is 3.00. The average Bonchev–Trinajstić information content (AvgIpc) is 3.01. The molecule has 1 saturated heterocycles. The normalized spacial score (nSPS) is 17.0. The van der Waals surface area contributed by atoms with Gasteiger partial charge in [-0.1, -0.05) is 0 Å². The summed E-state index contributed by atoms with van der Waals surface area (Å²) in [6, 6.07) is 5.10. The number of anilines is 1. The minimum absolute atomic E-state index is 0.0884. The summed E-state index contributed by atoms with van der Waals surface area (Å²) >= 11 is 0. The molecule has 4 heterocycles. The zero-order valence-corrected chi connectivity index (χ0v) is 14.6. The average molecular weight is 376 g/mol. The van der Waals surface area contributed by atoms with Gasteiger partial charge in [-0.15, -0.1) is 5.10 Å². The monoisotopic (exact) mass is 376 g/mol. The van der Waals surface area contributed by atoms with Crippen LogP contribution in [0.25, 0.3) is 16.8 Å². The van der Waals surface area contributed by atoms with Crippen LogP contribution in [-0.2, 0) is 10.0 Å². The van der Waals surface area contributed by atoms with Crippen molar-refractivity contribution < 1.29 is 12.8 Å². The molecule has 0 spiro atoms. The van der Waals surface area contributed by atoms with Gasteiger partial charge in [0.25, 0.3) is 0 Å². The molecule has 0 radical (unpaired) electrons. The molecule has 26 heavy (non-hydrogen) atoms. The molecule has 4 rings (SSSR count). The van der Waals surface area contributed by atoms with Crippen LogP contribution >= 0.6 is 0 Å². The van der Waals surface area contributed by atoms with Gasteiger partial charge in [-0.2, -0.15) is 9.29 Å². The molecule has 1 aliphatic heterocycles. The number of fused-ring (bicyclic) bond motifs is 1. The molecule has 3 aromatic rings. The number of nitrogen functional groups attached to an aromatic ring is 1. The van der Waals surface area contributed by atoms with E-state index in [-0.39, 0.29) is 36.8 Å². The lowest BCUT2D eigenvalue weighted by Gasteiger charge is -2.27. The van der Waals surface area contributed by atoms with Gasteiger partial charge in [-0.05, 0) is 31.0 Å². The number of alkyl halides is 1. The van der Waals surface area contributed by atoms with E-state index in [1.165, 1.54) is 15.0 Å². The minimum Gasteiger partial charge on any atom is -0.366 e. The molecule has 0 saturated carbocycles. The third kappa shape index (κ3) is 3.01.